The third-order valence-electron chi connectivity index (χ3n) is 6.58. The van der Waals surface area contributed by atoms with Crippen LogP contribution in [0.2, 0.25) is 0 Å². The maximum absolute atomic E-state index is 13.6. The van der Waals surface area contributed by atoms with E-state index in [1.54, 1.807) is 38.3 Å². The van der Waals surface area contributed by atoms with Gasteiger partial charge >= 0.3 is 5.97 Å². The van der Waals surface area contributed by atoms with Crippen molar-refractivity contribution in [3.63, 3.8) is 0 Å². The summed E-state index contributed by atoms with van der Waals surface area (Å²) >= 11 is 10.3. The van der Waals surface area contributed by atoms with Crippen LogP contribution < -0.4 is 9.47 Å². The van der Waals surface area contributed by atoms with Crippen LogP contribution in [0.25, 0.3) is 6.08 Å². The lowest BCUT2D eigenvalue weighted by Crippen LogP contribution is -2.38. The van der Waals surface area contributed by atoms with Gasteiger partial charge in [-0.3, -0.25) is 9.69 Å². The molecule has 3 aromatic carbocycles. The highest BCUT2D eigenvalue weighted by atomic mass is 79.9. The van der Waals surface area contributed by atoms with Crippen molar-refractivity contribution in [3.8, 4) is 11.5 Å². The monoisotopic (exact) mass is 639 g/mol. The number of halogens is 1. The van der Waals surface area contributed by atoms with Crippen LogP contribution in [0, 0.1) is 20.8 Å². The van der Waals surface area contributed by atoms with E-state index >= 15 is 0 Å². The standard InChI is InChI=1S/C31H30BrNO5S2/c1-6-37-30(35)27(22-10-8-7-9-11-22)33-29(34)26(40-31(33)39)16-21-14-24(32)28(25(15-21)36-5)38-17-23-13-19(3)18(2)12-20(23)4/h7-16,27H,6,17H2,1-5H3/b26-16+. The van der Waals surface area contributed by atoms with Gasteiger partial charge in [-0.25, -0.2) is 4.79 Å². The molecule has 1 atom stereocenters. The van der Waals surface area contributed by atoms with Crippen molar-refractivity contribution in [1.29, 1.82) is 0 Å². The summed E-state index contributed by atoms with van der Waals surface area (Å²) in [5.41, 5.74) is 6.05. The van der Waals surface area contributed by atoms with E-state index in [2.05, 4.69) is 48.8 Å². The van der Waals surface area contributed by atoms with E-state index in [-0.39, 0.29) is 16.8 Å². The second-order valence-corrected chi connectivity index (χ2v) is 11.8. The topological polar surface area (TPSA) is 65.1 Å². The number of esters is 1. The summed E-state index contributed by atoms with van der Waals surface area (Å²) in [7, 11) is 1.57. The van der Waals surface area contributed by atoms with E-state index in [1.165, 1.54) is 16.0 Å². The summed E-state index contributed by atoms with van der Waals surface area (Å²) in [6, 6.07) is 16.0. The second-order valence-electron chi connectivity index (χ2n) is 9.30. The van der Waals surface area contributed by atoms with E-state index in [9.17, 15) is 9.59 Å². The summed E-state index contributed by atoms with van der Waals surface area (Å²) in [4.78, 5) is 28.2. The number of carbonyl (C=O) groups excluding carboxylic acids is 2. The molecule has 208 valence electrons. The van der Waals surface area contributed by atoms with Crippen molar-refractivity contribution in [3.05, 3.63) is 97.4 Å². The molecule has 0 aliphatic carbocycles. The Morgan fingerprint density at radius 3 is 2.45 bits per heavy atom. The van der Waals surface area contributed by atoms with Gasteiger partial charge in [0.2, 0.25) is 0 Å². The number of thiocarbonyl (C=S) groups is 1. The molecule has 40 heavy (non-hydrogen) atoms. The fourth-order valence-corrected chi connectivity index (χ4v) is 6.28. The Kier molecular flexibility index (Phi) is 9.71. The minimum absolute atomic E-state index is 0.193. The average Bonchev–Trinajstić information content (AvgIpc) is 3.19. The zero-order valence-electron chi connectivity index (χ0n) is 22.9. The van der Waals surface area contributed by atoms with Gasteiger partial charge in [0.1, 0.15) is 10.9 Å². The lowest BCUT2D eigenvalue weighted by atomic mass is 10.0. The number of hydrogen-bond donors (Lipinski definition) is 0. The zero-order chi connectivity index (χ0) is 29.0. The highest BCUT2D eigenvalue weighted by Gasteiger charge is 2.42. The molecule has 1 heterocycles. The highest BCUT2D eigenvalue weighted by Crippen LogP contribution is 2.41. The molecular formula is C31H30BrNO5S2. The number of carbonyl (C=O) groups is 2. The Bertz CT molecular complexity index is 1490. The Labute approximate surface area is 252 Å². The third-order valence-corrected chi connectivity index (χ3v) is 8.50. The van der Waals surface area contributed by atoms with Crippen LogP contribution in [0.3, 0.4) is 0 Å². The molecule has 0 N–H and O–H groups in total. The number of hydrogen-bond acceptors (Lipinski definition) is 7. The number of thioether (sulfide) groups is 1. The fourth-order valence-electron chi connectivity index (χ4n) is 4.39. The minimum Gasteiger partial charge on any atom is -0.493 e. The predicted octanol–water partition coefficient (Wildman–Crippen LogP) is 7.47. The van der Waals surface area contributed by atoms with E-state index in [0.29, 0.717) is 38.6 Å². The Morgan fingerprint density at radius 2 is 1.77 bits per heavy atom. The number of nitrogens with zero attached hydrogens (tertiary/aromatic N) is 1. The number of methoxy groups -OCH3 is 1. The maximum atomic E-state index is 13.6. The van der Waals surface area contributed by atoms with Crippen molar-refractivity contribution in [2.75, 3.05) is 13.7 Å². The molecule has 0 radical (unpaired) electrons. The van der Waals surface area contributed by atoms with Crippen LogP contribution in [-0.4, -0.2) is 34.8 Å². The van der Waals surface area contributed by atoms with Crippen LogP contribution >= 0.6 is 39.9 Å². The molecule has 0 bridgehead atoms. The molecule has 0 saturated carbocycles. The Hall–Kier alpha value is -3.14. The summed E-state index contributed by atoms with van der Waals surface area (Å²) in [5.74, 6) is 0.191. The van der Waals surface area contributed by atoms with Crippen LogP contribution in [0.15, 0.2) is 64.0 Å². The van der Waals surface area contributed by atoms with Crippen LogP contribution in [0.4, 0.5) is 0 Å². The lowest BCUT2D eigenvalue weighted by molar-refractivity contribution is -0.151. The van der Waals surface area contributed by atoms with E-state index in [4.69, 9.17) is 26.4 Å². The van der Waals surface area contributed by atoms with Gasteiger partial charge in [0.15, 0.2) is 17.5 Å². The van der Waals surface area contributed by atoms with Crippen molar-refractivity contribution in [1.82, 2.24) is 4.90 Å². The van der Waals surface area contributed by atoms with Crippen LogP contribution in [0.1, 0.15) is 46.3 Å². The second kappa shape index (κ2) is 13.0. The Morgan fingerprint density at radius 1 is 1.07 bits per heavy atom. The molecule has 9 heteroatoms. The zero-order valence-corrected chi connectivity index (χ0v) is 26.2. The quantitative estimate of drug-likeness (QED) is 0.137. The SMILES string of the molecule is CCOC(=O)C(c1ccccc1)N1C(=O)/C(=C\c2cc(Br)c(OCc3cc(C)c(C)cc3C)c(OC)c2)SC1=S. The first-order chi connectivity index (χ1) is 19.1. The van der Waals surface area contributed by atoms with E-state index < -0.39 is 12.0 Å². The van der Waals surface area contributed by atoms with Crippen molar-refractivity contribution < 1.29 is 23.8 Å². The lowest BCUT2D eigenvalue weighted by Gasteiger charge is -2.25. The molecule has 1 saturated heterocycles. The maximum Gasteiger partial charge on any atom is 0.333 e. The molecule has 0 aromatic heterocycles. The number of rotatable bonds is 9. The van der Waals surface area contributed by atoms with Gasteiger partial charge in [0.25, 0.3) is 5.91 Å². The van der Waals surface area contributed by atoms with Crippen molar-refractivity contribution in [2.45, 2.75) is 40.3 Å². The van der Waals surface area contributed by atoms with Crippen LogP contribution in [-0.2, 0) is 20.9 Å². The summed E-state index contributed by atoms with van der Waals surface area (Å²) in [5, 5.41) is 0. The van der Waals surface area contributed by atoms with Crippen LogP contribution in [0.5, 0.6) is 11.5 Å². The Balaban J connectivity index is 1.61. The number of benzene rings is 3. The molecule has 4 rings (SSSR count). The number of aryl methyl sites for hydroxylation is 3. The van der Waals surface area contributed by atoms with Gasteiger partial charge in [0.05, 0.1) is 23.1 Å². The van der Waals surface area contributed by atoms with Gasteiger partial charge in [-0.2, -0.15) is 0 Å². The largest absolute Gasteiger partial charge is 0.493 e. The van der Waals surface area contributed by atoms with Gasteiger partial charge in [0, 0.05) is 0 Å². The average molecular weight is 641 g/mol. The van der Waals surface area contributed by atoms with E-state index in [0.717, 1.165) is 22.9 Å². The summed E-state index contributed by atoms with van der Waals surface area (Å²) < 4.78 is 18.1. The first kappa shape index (κ1) is 29.8. The third kappa shape index (κ3) is 6.43. The van der Waals surface area contributed by atoms with Crippen molar-refractivity contribution in [2.24, 2.45) is 0 Å². The van der Waals surface area contributed by atoms with Gasteiger partial charge in [-0.05, 0) is 95.2 Å². The molecule has 6 nitrogen and oxygen atoms in total. The van der Waals surface area contributed by atoms with E-state index in [1.807, 2.05) is 24.3 Å². The number of ether oxygens (including phenoxy) is 3. The van der Waals surface area contributed by atoms with Crippen molar-refractivity contribution >= 4 is 62.2 Å². The first-order valence-corrected chi connectivity index (χ1v) is 14.7. The van der Waals surface area contributed by atoms with Gasteiger partial charge in [-0.1, -0.05) is 66.4 Å². The minimum atomic E-state index is -0.967. The highest BCUT2D eigenvalue weighted by molar-refractivity contribution is 9.10. The molecule has 1 aliphatic heterocycles. The normalized spacial score (nSPS) is 14.9. The molecule has 1 unspecified atom stereocenters. The summed E-state index contributed by atoms with van der Waals surface area (Å²) in [6.45, 7) is 8.55. The fraction of sp³-hybridized carbons (Fsp3) is 0.258. The molecular weight excluding hydrogens is 610 g/mol. The molecule has 1 fully saturated rings. The first-order valence-electron chi connectivity index (χ1n) is 12.7. The van der Waals surface area contributed by atoms with Gasteiger partial charge < -0.3 is 14.2 Å². The smallest absolute Gasteiger partial charge is 0.333 e. The number of amides is 1. The molecule has 0 spiro atoms. The molecule has 1 amide bonds. The molecule has 1 aliphatic rings. The predicted molar refractivity (Wildman–Crippen MR) is 167 cm³/mol. The van der Waals surface area contributed by atoms with Gasteiger partial charge in [-0.15, -0.1) is 0 Å². The summed E-state index contributed by atoms with van der Waals surface area (Å²) in [6.07, 6.45) is 1.73. The molecule has 3 aromatic rings.